The van der Waals surface area contributed by atoms with Gasteiger partial charge in [0.2, 0.25) is 0 Å². The molecular formula is C19H30N2. The predicted molar refractivity (Wildman–Crippen MR) is 89.7 cm³/mol. The van der Waals surface area contributed by atoms with E-state index in [2.05, 4.69) is 42.3 Å². The maximum Gasteiger partial charge on any atom is 0.0237 e. The summed E-state index contributed by atoms with van der Waals surface area (Å²) >= 11 is 0. The van der Waals surface area contributed by atoms with E-state index in [1.807, 2.05) is 0 Å². The van der Waals surface area contributed by atoms with Crippen molar-refractivity contribution in [2.24, 2.45) is 0 Å². The predicted octanol–water partition coefficient (Wildman–Crippen LogP) is 3.53. The molecule has 2 heteroatoms. The molecule has 0 bridgehead atoms. The van der Waals surface area contributed by atoms with E-state index in [1.165, 1.54) is 50.6 Å². The van der Waals surface area contributed by atoms with E-state index < -0.39 is 0 Å². The average Bonchev–Trinajstić information content (AvgIpc) is 2.95. The van der Waals surface area contributed by atoms with Crippen molar-refractivity contribution in [2.45, 2.75) is 71.0 Å². The third-order valence-electron chi connectivity index (χ3n) is 5.27. The van der Waals surface area contributed by atoms with Gasteiger partial charge in [0.1, 0.15) is 0 Å². The minimum atomic E-state index is 0.687. The van der Waals surface area contributed by atoms with Crippen LogP contribution in [0.1, 0.15) is 56.2 Å². The van der Waals surface area contributed by atoms with Gasteiger partial charge < -0.3 is 5.32 Å². The Bertz CT molecular complexity index is 469. The van der Waals surface area contributed by atoms with E-state index in [9.17, 15) is 0 Å². The van der Waals surface area contributed by atoms with Gasteiger partial charge in [0.15, 0.2) is 0 Å². The zero-order chi connectivity index (χ0) is 14.7. The molecule has 1 aliphatic carbocycles. The number of benzene rings is 1. The van der Waals surface area contributed by atoms with Crippen molar-refractivity contribution in [1.82, 2.24) is 10.2 Å². The quantitative estimate of drug-likeness (QED) is 0.891. The molecule has 1 fully saturated rings. The van der Waals surface area contributed by atoms with Gasteiger partial charge in [-0.3, -0.25) is 4.90 Å². The molecular weight excluding hydrogens is 256 g/mol. The van der Waals surface area contributed by atoms with Gasteiger partial charge in [-0.25, -0.2) is 0 Å². The van der Waals surface area contributed by atoms with Gasteiger partial charge in [-0.15, -0.1) is 0 Å². The second-order valence-electron chi connectivity index (χ2n) is 6.84. The van der Waals surface area contributed by atoms with Crippen LogP contribution in [-0.2, 0) is 19.4 Å². The summed E-state index contributed by atoms with van der Waals surface area (Å²) < 4.78 is 0. The van der Waals surface area contributed by atoms with Crippen LogP contribution in [0.2, 0.25) is 0 Å². The standard InChI is InChI=1S/C19H30N2/c1-3-6-18-14-21(19(4-2)12-20-18)13-15-9-10-16-7-5-8-17(16)11-15/h9-11,18-20H,3-8,12-14H2,1-2H3. The lowest BCUT2D eigenvalue weighted by Crippen LogP contribution is -2.55. The van der Waals surface area contributed by atoms with Crippen molar-refractivity contribution in [2.75, 3.05) is 13.1 Å². The Kier molecular flexibility index (Phi) is 4.97. The smallest absolute Gasteiger partial charge is 0.0237 e. The Morgan fingerprint density at radius 1 is 1.19 bits per heavy atom. The van der Waals surface area contributed by atoms with Crippen LogP contribution in [0.4, 0.5) is 0 Å². The summed E-state index contributed by atoms with van der Waals surface area (Å²) in [6.07, 6.45) is 7.76. The summed E-state index contributed by atoms with van der Waals surface area (Å²) in [6.45, 7) is 8.11. The number of fused-ring (bicyclic) bond motifs is 1. The maximum atomic E-state index is 3.74. The zero-order valence-corrected chi connectivity index (χ0v) is 13.7. The molecule has 1 saturated heterocycles. The summed E-state index contributed by atoms with van der Waals surface area (Å²) in [4.78, 5) is 2.72. The van der Waals surface area contributed by atoms with Crippen molar-refractivity contribution >= 4 is 0 Å². The molecule has 3 rings (SSSR count). The number of piperazine rings is 1. The highest BCUT2D eigenvalue weighted by atomic mass is 15.2. The number of hydrogen-bond acceptors (Lipinski definition) is 2. The lowest BCUT2D eigenvalue weighted by molar-refractivity contribution is 0.115. The molecule has 116 valence electrons. The van der Waals surface area contributed by atoms with Crippen LogP contribution in [-0.4, -0.2) is 30.1 Å². The molecule has 1 aromatic carbocycles. The Morgan fingerprint density at radius 2 is 2.05 bits per heavy atom. The molecule has 21 heavy (non-hydrogen) atoms. The fourth-order valence-electron chi connectivity index (χ4n) is 4.02. The molecule has 0 radical (unpaired) electrons. The molecule has 1 N–H and O–H groups in total. The van der Waals surface area contributed by atoms with Gasteiger partial charge in [-0.1, -0.05) is 38.5 Å². The third kappa shape index (κ3) is 3.49. The highest BCUT2D eigenvalue weighted by Gasteiger charge is 2.26. The summed E-state index contributed by atoms with van der Waals surface area (Å²) in [6, 6.07) is 8.61. The molecule has 2 atom stereocenters. The third-order valence-corrected chi connectivity index (χ3v) is 5.27. The zero-order valence-electron chi connectivity index (χ0n) is 13.7. The summed E-state index contributed by atoms with van der Waals surface area (Å²) in [5, 5.41) is 3.74. The van der Waals surface area contributed by atoms with Crippen molar-refractivity contribution in [3.8, 4) is 0 Å². The number of nitrogens with zero attached hydrogens (tertiary/aromatic N) is 1. The van der Waals surface area contributed by atoms with E-state index in [0.717, 1.165) is 13.1 Å². The summed E-state index contributed by atoms with van der Waals surface area (Å²) in [5.41, 5.74) is 4.72. The minimum Gasteiger partial charge on any atom is -0.311 e. The first-order chi connectivity index (χ1) is 10.3. The number of nitrogens with one attached hydrogen (secondary N) is 1. The molecule has 0 spiro atoms. The van der Waals surface area contributed by atoms with Crippen LogP contribution in [0.25, 0.3) is 0 Å². The van der Waals surface area contributed by atoms with Crippen LogP contribution in [0, 0.1) is 0 Å². The molecule has 0 aromatic heterocycles. The Labute approximate surface area is 129 Å². The van der Waals surface area contributed by atoms with E-state index in [0.29, 0.717) is 12.1 Å². The fraction of sp³-hybridized carbons (Fsp3) is 0.684. The highest BCUT2D eigenvalue weighted by molar-refractivity contribution is 5.35. The molecule has 0 saturated carbocycles. The van der Waals surface area contributed by atoms with Gasteiger partial charge >= 0.3 is 0 Å². The molecule has 1 heterocycles. The molecule has 1 aromatic rings. The van der Waals surface area contributed by atoms with Crippen molar-refractivity contribution in [3.63, 3.8) is 0 Å². The van der Waals surface area contributed by atoms with Crippen LogP contribution >= 0.6 is 0 Å². The summed E-state index contributed by atoms with van der Waals surface area (Å²) in [5.74, 6) is 0. The minimum absolute atomic E-state index is 0.687. The van der Waals surface area contributed by atoms with Gasteiger partial charge in [0.05, 0.1) is 0 Å². The van der Waals surface area contributed by atoms with Gasteiger partial charge in [0.25, 0.3) is 0 Å². The van der Waals surface area contributed by atoms with Crippen molar-refractivity contribution < 1.29 is 0 Å². The number of aryl methyl sites for hydroxylation is 2. The van der Waals surface area contributed by atoms with Crippen LogP contribution in [0.15, 0.2) is 18.2 Å². The first-order valence-electron chi connectivity index (χ1n) is 8.88. The fourth-order valence-corrected chi connectivity index (χ4v) is 4.02. The van der Waals surface area contributed by atoms with E-state index in [-0.39, 0.29) is 0 Å². The maximum absolute atomic E-state index is 3.74. The topological polar surface area (TPSA) is 15.3 Å². The molecule has 1 aliphatic heterocycles. The lowest BCUT2D eigenvalue weighted by Gasteiger charge is -2.40. The Hall–Kier alpha value is -0.860. The van der Waals surface area contributed by atoms with Crippen LogP contribution in [0.5, 0.6) is 0 Å². The SMILES string of the molecule is CCCC1CN(Cc2ccc3c(c2)CCC3)C(CC)CN1. The Balaban J connectivity index is 1.68. The molecule has 0 amide bonds. The number of rotatable bonds is 5. The second-order valence-corrected chi connectivity index (χ2v) is 6.84. The van der Waals surface area contributed by atoms with Gasteiger partial charge in [-0.2, -0.15) is 0 Å². The van der Waals surface area contributed by atoms with Crippen LogP contribution in [0.3, 0.4) is 0 Å². The van der Waals surface area contributed by atoms with Crippen molar-refractivity contribution in [1.29, 1.82) is 0 Å². The first kappa shape index (κ1) is 15.1. The second kappa shape index (κ2) is 6.93. The lowest BCUT2D eigenvalue weighted by atomic mass is 10.0. The summed E-state index contributed by atoms with van der Waals surface area (Å²) in [7, 11) is 0. The van der Waals surface area contributed by atoms with E-state index in [1.54, 1.807) is 11.1 Å². The van der Waals surface area contributed by atoms with Gasteiger partial charge in [0, 0.05) is 31.7 Å². The molecule has 2 aliphatic rings. The monoisotopic (exact) mass is 286 g/mol. The average molecular weight is 286 g/mol. The number of hydrogen-bond donors (Lipinski definition) is 1. The van der Waals surface area contributed by atoms with E-state index in [4.69, 9.17) is 0 Å². The van der Waals surface area contributed by atoms with Crippen LogP contribution < -0.4 is 5.32 Å². The van der Waals surface area contributed by atoms with E-state index >= 15 is 0 Å². The van der Waals surface area contributed by atoms with Crippen molar-refractivity contribution in [3.05, 3.63) is 34.9 Å². The van der Waals surface area contributed by atoms with Gasteiger partial charge in [-0.05, 0) is 48.8 Å². The normalized spacial score (nSPS) is 26.0. The Morgan fingerprint density at radius 3 is 2.86 bits per heavy atom. The highest BCUT2D eigenvalue weighted by Crippen LogP contribution is 2.24. The molecule has 2 nitrogen and oxygen atoms in total. The molecule has 2 unspecified atom stereocenters. The first-order valence-corrected chi connectivity index (χ1v) is 8.88. The largest absolute Gasteiger partial charge is 0.311 e.